The quantitative estimate of drug-likeness (QED) is 0.621. The van der Waals surface area contributed by atoms with Crippen molar-refractivity contribution in [2.45, 2.75) is 38.8 Å². The van der Waals surface area contributed by atoms with Crippen molar-refractivity contribution in [2.24, 2.45) is 0 Å². The van der Waals surface area contributed by atoms with Crippen LogP contribution in [0.15, 0.2) is 6.20 Å². The smallest absolute Gasteiger partial charge is 0.326 e. The lowest BCUT2D eigenvalue weighted by Gasteiger charge is -2.18. The van der Waals surface area contributed by atoms with E-state index in [9.17, 15) is 14.7 Å². The molecule has 1 atom stereocenters. The van der Waals surface area contributed by atoms with Crippen LogP contribution in [0.3, 0.4) is 0 Å². The molecule has 1 amide bonds. The maximum atomic E-state index is 10.6. The largest absolute Gasteiger partial charge is 0.502 e. The van der Waals surface area contributed by atoms with Crippen LogP contribution in [0.2, 0.25) is 0 Å². The molecule has 0 saturated carbocycles. The maximum Gasteiger partial charge on any atom is 0.326 e. The number of hydrogen-bond acceptors (Lipinski definition) is 5. The van der Waals surface area contributed by atoms with Gasteiger partial charge in [-0.05, 0) is 12.8 Å². The Morgan fingerprint density at radius 1 is 1.59 bits per heavy atom. The van der Waals surface area contributed by atoms with Crippen molar-refractivity contribution in [3.63, 3.8) is 0 Å². The summed E-state index contributed by atoms with van der Waals surface area (Å²) in [6, 6.07) is -0.652. The Morgan fingerprint density at radius 3 is 2.73 bits per heavy atom. The monoisotopic (exact) mass is 315 g/mol. The highest BCUT2D eigenvalue weighted by molar-refractivity contribution is 5.84. The third kappa shape index (κ3) is 4.59. The number of H-pyrrole nitrogens is 1. The molecule has 5 N–H and O–H groups in total. The molecule has 0 aromatic carbocycles. The first-order chi connectivity index (χ1) is 10.4. The number of carbonyl (C=O) groups excluding carboxylic acids is 1. The summed E-state index contributed by atoms with van der Waals surface area (Å²) < 4.78 is 4.92. The van der Waals surface area contributed by atoms with Crippen molar-refractivity contribution in [2.75, 3.05) is 7.11 Å². The summed E-state index contributed by atoms with van der Waals surface area (Å²) in [7, 11) is 1.48. The van der Waals surface area contributed by atoms with E-state index in [0.717, 1.165) is 0 Å². The Kier molecular flexibility index (Phi) is 6.58. The third-order valence-corrected chi connectivity index (χ3v) is 3.27. The van der Waals surface area contributed by atoms with Crippen LogP contribution in [0.1, 0.15) is 31.9 Å². The molecule has 124 valence electrons. The van der Waals surface area contributed by atoms with E-state index < -0.39 is 12.0 Å². The van der Waals surface area contributed by atoms with Gasteiger partial charge < -0.3 is 25.4 Å². The second kappa shape index (κ2) is 8.18. The summed E-state index contributed by atoms with van der Waals surface area (Å²) in [5, 5.41) is 29.2. The molecule has 0 unspecified atom stereocenters. The second-order valence-corrected chi connectivity index (χ2v) is 4.82. The lowest BCUT2D eigenvalue weighted by Crippen LogP contribution is -2.43. The van der Waals surface area contributed by atoms with Gasteiger partial charge >= 0.3 is 5.97 Å². The molecule has 8 heteroatoms. The van der Waals surface area contributed by atoms with Crippen molar-refractivity contribution in [3.05, 3.63) is 17.5 Å². The fourth-order valence-corrected chi connectivity index (χ4v) is 2.00. The number of hydrogen-bond donors (Lipinski definition) is 4. The van der Waals surface area contributed by atoms with E-state index in [1.165, 1.54) is 7.11 Å². The van der Waals surface area contributed by atoms with Crippen LogP contribution < -0.4 is 15.0 Å². The molecule has 2 heterocycles. The van der Waals surface area contributed by atoms with E-state index in [2.05, 4.69) is 10.3 Å². The van der Waals surface area contributed by atoms with Gasteiger partial charge in [0.1, 0.15) is 6.04 Å². The third-order valence-electron chi connectivity index (χ3n) is 3.27. The number of carboxylic acids is 1. The van der Waals surface area contributed by atoms with E-state index in [0.29, 0.717) is 36.3 Å². The Bertz CT molecular complexity index is 550. The molecule has 0 radical (unpaired) electrons. The first-order valence-electron chi connectivity index (χ1n) is 6.80. The van der Waals surface area contributed by atoms with Crippen LogP contribution in [-0.2, 0) is 16.2 Å². The Balaban J connectivity index is 0.000000409. The number of aryl methyl sites for hydroxylation is 1. The second-order valence-electron chi connectivity index (χ2n) is 4.82. The van der Waals surface area contributed by atoms with Crippen LogP contribution in [0.4, 0.5) is 0 Å². The minimum absolute atomic E-state index is 0. The van der Waals surface area contributed by atoms with Gasteiger partial charge in [-0.3, -0.25) is 4.79 Å². The molecular weight excluding hydrogens is 292 g/mol. The number of methoxy groups -OCH3 is 1. The number of aliphatic hydroxyl groups is 1. The van der Waals surface area contributed by atoms with Crippen molar-refractivity contribution >= 4 is 11.9 Å². The number of carbonyl (C=O) groups is 2. The van der Waals surface area contributed by atoms with Crippen molar-refractivity contribution < 1.29 is 36.1 Å². The van der Waals surface area contributed by atoms with Gasteiger partial charge in [0.25, 0.3) is 0 Å². The van der Waals surface area contributed by atoms with Crippen molar-refractivity contribution in [1.82, 2.24) is 5.32 Å². The fraction of sp³-hybridized carbons (Fsp3) is 0.500. The average molecular weight is 315 g/mol. The predicted molar refractivity (Wildman–Crippen MR) is 77.4 cm³/mol. The number of aromatic amines is 1. The molecule has 2 rings (SSSR count). The number of aliphatic hydroxyl groups excluding tert-OH is 1. The summed E-state index contributed by atoms with van der Waals surface area (Å²) >= 11 is 0. The Morgan fingerprint density at radius 2 is 2.27 bits per heavy atom. The van der Waals surface area contributed by atoms with Crippen LogP contribution in [0.25, 0.3) is 0 Å². The number of ether oxygens (including phenoxy) is 1. The van der Waals surface area contributed by atoms with E-state index in [1.54, 1.807) is 13.1 Å². The summed E-state index contributed by atoms with van der Waals surface area (Å²) in [4.78, 5) is 23.7. The van der Waals surface area contributed by atoms with Gasteiger partial charge in [-0.1, -0.05) is 0 Å². The first kappa shape index (κ1) is 17.7. The van der Waals surface area contributed by atoms with E-state index in [4.69, 9.17) is 14.9 Å². The van der Waals surface area contributed by atoms with Gasteiger partial charge in [0, 0.05) is 14.8 Å². The van der Waals surface area contributed by atoms with Gasteiger partial charge in [-0.2, -0.15) is 0 Å². The van der Waals surface area contributed by atoms with Crippen LogP contribution in [0, 0.1) is 6.92 Å². The van der Waals surface area contributed by atoms with Crippen LogP contribution >= 0.6 is 0 Å². The van der Waals surface area contributed by atoms with Gasteiger partial charge in [0.15, 0.2) is 11.5 Å². The normalized spacial score (nSPS) is 17.0. The fourth-order valence-electron chi connectivity index (χ4n) is 2.00. The number of amides is 1. The van der Waals surface area contributed by atoms with E-state index in [-0.39, 0.29) is 19.7 Å². The predicted octanol–water partition coefficient (Wildman–Crippen LogP) is 0.00132. The number of carboxylic acid groups (broad SMARTS) is 1. The van der Waals surface area contributed by atoms with Crippen molar-refractivity contribution in [3.8, 4) is 11.5 Å². The zero-order chi connectivity index (χ0) is 16.7. The molecule has 0 aliphatic carbocycles. The number of aromatic hydroxyl groups is 1. The number of aromatic nitrogens is 1. The highest BCUT2D eigenvalue weighted by Crippen LogP contribution is 2.26. The zero-order valence-electron chi connectivity index (χ0n) is 12.5. The molecule has 1 fully saturated rings. The highest BCUT2D eigenvalue weighted by Gasteiger charge is 2.23. The average Bonchev–Trinajstić information content (AvgIpc) is 2.50. The zero-order valence-corrected chi connectivity index (χ0v) is 12.5. The summed E-state index contributed by atoms with van der Waals surface area (Å²) in [5.41, 5.74) is 1.02. The standard InChI is InChI=1S/C8H11NO3.C6H9NO3.H2/c1-5-8(11)6(4-10)7(12-2)3-9-5;8-5-3-1-2-4(7-5)6(9)10;/h3,10-11H,4H2,1-2H3;4H,1-3H2,(H,7,8)(H,9,10);1H/p+1/t;4-;/m.0./s1. The summed E-state index contributed by atoms with van der Waals surface area (Å²) in [5.74, 6) is -0.579. The Labute approximate surface area is 129 Å². The van der Waals surface area contributed by atoms with Crippen LogP contribution in [0.5, 0.6) is 11.5 Å². The lowest BCUT2D eigenvalue weighted by molar-refractivity contribution is -0.389. The number of pyridine rings is 1. The van der Waals surface area contributed by atoms with Crippen molar-refractivity contribution in [1.29, 1.82) is 0 Å². The molecule has 1 aromatic heterocycles. The molecule has 1 aromatic rings. The Hall–Kier alpha value is -2.35. The maximum absolute atomic E-state index is 10.6. The molecular formula is C14H23N2O6+. The minimum atomic E-state index is -0.937. The number of aliphatic carboxylic acids is 1. The first-order valence-corrected chi connectivity index (χ1v) is 6.80. The molecule has 0 spiro atoms. The number of rotatable bonds is 3. The van der Waals surface area contributed by atoms with Gasteiger partial charge in [-0.15, -0.1) is 0 Å². The van der Waals surface area contributed by atoms with Gasteiger partial charge in [0.05, 0.1) is 19.3 Å². The van der Waals surface area contributed by atoms with E-state index in [1.807, 2.05) is 0 Å². The van der Waals surface area contributed by atoms with Crippen LogP contribution in [-0.4, -0.2) is 40.3 Å². The molecule has 1 saturated heterocycles. The molecule has 1 aliphatic rings. The SMILES string of the molecule is COc1c[nH+]c(C)c(O)c1CO.O=C1CCC[C@@H](C(=O)O)N1.[HH]. The summed E-state index contributed by atoms with van der Waals surface area (Å²) in [6.07, 6.45) is 3.30. The molecule has 22 heavy (non-hydrogen) atoms. The molecule has 1 aliphatic heterocycles. The number of nitrogens with one attached hydrogen (secondary N) is 2. The topological polar surface area (TPSA) is 130 Å². The number of piperidine rings is 1. The molecule has 8 nitrogen and oxygen atoms in total. The lowest BCUT2D eigenvalue weighted by atomic mass is 10.1. The van der Waals surface area contributed by atoms with Gasteiger partial charge in [0.2, 0.25) is 17.8 Å². The summed E-state index contributed by atoms with van der Waals surface area (Å²) in [6.45, 7) is 1.48. The van der Waals surface area contributed by atoms with Gasteiger partial charge in [-0.25, -0.2) is 9.78 Å². The highest BCUT2D eigenvalue weighted by atomic mass is 16.5. The van der Waals surface area contributed by atoms with E-state index >= 15 is 0 Å². The molecule has 0 bridgehead atoms. The minimum Gasteiger partial charge on any atom is -0.502 e.